The van der Waals surface area contributed by atoms with E-state index in [-0.39, 0.29) is 18.1 Å². The molecule has 4 rings (SSSR count). The molecule has 142 valence electrons. The van der Waals surface area contributed by atoms with Gasteiger partial charge in [-0.05, 0) is 17.7 Å². The smallest absolute Gasteiger partial charge is 0.332 e. The van der Waals surface area contributed by atoms with Crippen molar-refractivity contribution in [3.8, 4) is 11.4 Å². The molecule has 7 nitrogen and oxygen atoms in total. The molecule has 0 radical (unpaired) electrons. The molecule has 0 aliphatic rings. The van der Waals surface area contributed by atoms with E-state index in [9.17, 15) is 9.18 Å². The molecule has 0 aliphatic carbocycles. The van der Waals surface area contributed by atoms with Crippen molar-refractivity contribution in [2.75, 3.05) is 12.4 Å². The maximum Gasteiger partial charge on any atom is 0.332 e. The third kappa shape index (κ3) is 3.57. The summed E-state index contributed by atoms with van der Waals surface area (Å²) in [6.07, 6.45) is 0.270. The molecule has 1 atom stereocenters. The topological polar surface area (TPSA) is 84.8 Å². The monoisotopic (exact) mass is 379 g/mol. The summed E-state index contributed by atoms with van der Waals surface area (Å²) in [5.74, 6) is 0.712. The van der Waals surface area contributed by atoms with Crippen molar-refractivity contribution >= 4 is 17.1 Å². The molecule has 0 saturated carbocycles. The Balaban J connectivity index is 1.65. The first-order chi connectivity index (χ1) is 13.6. The predicted molar refractivity (Wildman–Crippen MR) is 105 cm³/mol. The van der Waals surface area contributed by atoms with Gasteiger partial charge in [0.2, 0.25) is 5.95 Å². The largest absolute Gasteiger partial charge is 0.497 e. The molecule has 0 amide bonds. The van der Waals surface area contributed by atoms with Crippen LogP contribution in [0.15, 0.2) is 65.6 Å². The van der Waals surface area contributed by atoms with E-state index in [1.54, 1.807) is 31.4 Å². The average molecular weight is 379 g/mol. The van der Waals surface area contributed by atoms with Crippen LogP contribution in [0.3, 0.4) is 0 Å². The van der Waals surface area contributed by atoms with Gasteiger partial charge in [0.05, 0.1) is 19.0 Å². The Morgan fingerprint density at radius 2 is 2.04 bits per heavy atom. The van der Waals surface area contributed by atoms with Gasteiger partial charge in [-0.15, -0.1) is 0 Å². The van der Waals surface area contributed by atoms with Crippen molar-refractivity contribution in [3.63, 3.8) is 0 Å². The second-order valence-corrected chi connectivity index (χ2v) is 6.20. The molecular formula is C20H18FN5O2. The third-order valence-electron chi connectivity index (χ3n) is 4.28. The minimum absolute atomic E-state index is 0.103. The number of anilines is 1. The average Bonchev–Trinajstić information content (AvgIpc) is 3.03. The van der Waals surface area contributed by atoms with E-state index < -0.39 is 6.30 Å². The molecule has 2 aromatic carbocycles. The van der Waals surface area contributed by atoms with Gasteiger partial charge in [-0.1, -0.05) is 36.4 Å². The van der Waals surface area contributed by atoms with Crippen LogP contribution in [0.5, 0.6) is 5.75 Å². The number of methoxy groups -OCH3 is 1. The number of hydrogen-bond donors (Lipinski definition) is 2. The number of hydrogen-bond acceptors (Lipinski definition) is 5. The van der Waals surface area contributed by atoms with E-state index in [1.165, 1.54) is 10.8 Å². The fourth-order valence-electron chi connectivity index (χ4n) is 2.97. The van der Waals surface area contributed by atoms with Gasteiger partial charge in [0.15, 0.2) is 11.9 Å². The second-order valence-electron chi connectivity index (χ2n) is 6.20. The summed E-state index contributed by atoms with van der Waals surface area (Å²) in [5, 5.41) is 2.65. The van der Waals surface area contributed by atoms with E-state index >= 15 is 0 Å². The third-order valence-corrected chi connectivity index (χ3v) is 4.28. The minimum Gasteiger partial charge on any atom is -0.497 e. The molecule has 28 heavy (non-hydrogen) atoms. The number of benzene rings is 2. The number of alkyl halides is 1. The Morgan fingerprint density at radius 1 is 1.21 bits per heavy atom. The quantitative estimate of drug-likeness (QED) is 0.503. The summed E-state index contributed by atoms with van der Waals surface area (Å²) in [4.78, 5) is 23.6. The Bertz CT molecular complexity index is 1160. The highest BCUT2D eigenvalue weighted by Gasteiger charge is 2.14. The SMILES string of the molecule is COc1cccc(-n2c(=O)[nH]c3cnc(NC(F)Cc4ccccc4)nc32)c1. The van der Waals surface area contributed by atoms with Crippen LogP contribution in [0.25, 0.3) is 16.9 Å². The van der Waals surface area contributed by atoms with Crippen LogP contribution in [0.2, 0.25) is 0 Å². The summed E-state index contributed by atoms with van der Waals surface area (Å²) in [6.45, 7) is 0. The zero-order valence-corrected chi connectivity index (χ0v) is 15.1. The molecular weight excluding hydrogens is 361 g/mol. The van der Waals surface area contributed by atoms with E-state index in [4.69, 9.17) is 4.74 Å². The molecule has 4 aromatic rings. The Kier molecular flexibility index (Phi) is 4.76. The van der Waals surface area contributed by atoms with Crippen molar-refractivity contribution in [1.29, 1.82) is 0 Å². The highest BCUT2D eigenvalue weighted by atomic mass is 19.1. The van der Waals surface area contributed by atoms with Gasteiger partial charge in [-0.2, -0.15) is 4.98 Å². The molecule has 0 aliphatic heterocycles. The van der Waals surface area contributed by atoms with E-state index in [2.05, 4.69) is 20.3 Å². The number of aromatic amines is 1. The van der Waals surface area contributed by atoms with Gasteiger partial charge in [0.25, 0.3) is 0 Å². The molecule has 0 fully saturated rings. The van der Waals surface area contributed by atoms with Crippen LogP contribution in [-0.2, 0) is 6.42 Å². The second kappa shape index (κ2) is 7.51. The lowest BCUT2D eigenvalue weighted by Gasteiger charge is -2.11. The molecule has 2 N–H and O–H groups in total. The molecule has 8 heteroatoms. The van der Waals surface area contributed by atoms with E-state index in [0.717, 1.165) is 5.56 Å². The standard InChI is InChI=1S/C20H18FN5O2/c1-28-15-9-5-8-14(11-15)26-18-16(23-20(26)27)12-22-19(25-18)24-17(21)10-13-6-3-2-4-7-13/h2-9,11-12,17H,10H2,1H3,(H,23,27)(H,22,24,25). The number of rotatable bonds is 6. The zero-order chi connectivity index (χ0) is 19.5. The maximum atomic E-state index is 14.4. The number of H-pyrrole nitrogens is 1. The first kappa shape index (κ1) is 17.7. The molecule has 2 heterocycles. The van der Waals surface area contributed by atoms with E-state index in [1.807, 2.05) is 30.3 Å². The summed E-state index contributed by atoms with van der Waals surface area (Å²) in [5.41, 5.74) is 1.88. The van der Waals surface area contributed by atoms with E-state index in [0.29, 0.717) is 22.6 Å². The molecule has 2 aromatic heterocycles. The fraction of sp³-hybridized carbons (Fsp3) is 0.150. The Labute approximate surface area is 159 Å². The van der Waals surface area contributed by atoms with Crippen LogP contribution in [0, 0.1) is 0 Å². The lowest BCUT2D eigenvalue weighted by atomic mass is 10.1. The first-order valence-electron chi connectivity index (χ1n) is 8.71. The summed E-state index contributed by atoms with van der Waals surface area (Å²) in [7, 11) is 1.55. The lowest BCUT2D eigenvalue weighted by Crippen LogP contribution is -2.19. The number of nitrogens with one attached hydrogen (secondary N) is 2. The van der Waals surface area contributed by atoms with Crippen LogP contribution in [0.1, 0.15) is 5.56 Å². The predicted octanol–water partition coefficient (Wildman–Crippen LogP) is 3.07. The number of imidazole rings is 1. The minimum atomic E-state index is -1.37. The van der Waals surface area contributed by atoms with Crippen molar-refractivity contribution in [2.45, 2.75) is 12.7 Å². The number of aromatic nitrogens is 4. The van der Waals surface area contributed by atoms with Crippen molar-refractivity contribution < 1.29 is 9.13 Å². The van der Waals surface area contributed by atoms with Crippen LogP contribution >= 0.6 is 0 Å². The normalized spacial score (nSPS) is 12.1. The van der Waals surface area contributed by atoms with Crippen molar-refractivity contribution in [3.05, 3.63) is 76.8 Å². The number of fused-ring (bicyclic) bond motifs is 1. The molecule has 0 bridgehead atoms. The first-order valence-corrected chi connectivity index (χ1v) is 8.71. The molecule has 0 spiro atoms. The number of nitrogens with zero attached hydrogens (tertiary/aromatic N) is 3. The zero-order valence-electron chi connectivity index (χ0n) is 15.1. The molecule has 0 saturated heterocycles. The van der Waals surface area contributed by atoms with Gasteiger partial charge >= 0.3 is 5.69 Å². The van der Waals surface area contributed by atoms with Crippen molar-refractivity contribution in [2.24, 2.45) is 0 Å². The maximum absolute atomic E-state index is 14.4. The van der Waals surface area contributed by atoms with Crippen molar-refractivity contribution in [1.82, 2.24) is 19.5 Å². The van der Waals surface area contributed by atoms with Gasteiger partial charge in [0.1, 0.15) is 11.3 Å². The highest BCUT2D eigenvalue weighted by molar-refractivity contribution is 5.73. The highest BCUT2D eigenvalue weighted by Crippen LogP contribution is 2.19. The fourth-order valence-corrected chi connectivity index (χ4v) is 2.97. The van der Waals surface area contributed by atoms with Gasteiger partial charge in [-0.3, -0.25) is 0 Å². The Hall–Kier alpha value is -3.68. The number of halogens is 1. The number of ether oxygens (including phenoxy) is 1. The van der Waals surface area contributed by atoms with Gasteiger partial charge < -0.3 is 15.0 Å². The summed E-state index contributed by atoms with van der Waals surface area (Å²) < 4.78 is 21.0. The van der Waals surface area contributed by atoms with Crippen LogP contribution < -0.4 is 15.7 Å². The Morgan fingerprint density at radius 3 is 2.82 bits per heavy atom. The van der Waals surface area contributed by atoms with Gasteiger partial charge in [0, 0.05) is 12.5 Å². The lowest BCUT2D eigenvalue weighted by molar-refractivity contribution is 0.369. The summed E-state index contributed by atoms with van der Waals surface area (Å²) in [6, 6.07) is 16.3. The van der Waals surface area contributed by atoms with Crippen LogP contribution in [-0.4, -0.2) is 32.9 Å². The van der Waals surface area contributed by atoms with Gasteiger partial charge in [-0.25, -0.2) is 18.7 Å². The molecule has 1 unspecified atom stereocenters. The van der Waals surface area contributed by atoms with Crippen LogP contribution in [0.4, 0.5) is 10.3 Å². The summed E-state index contributed by atoms with van der Waals surface area (Å²) >= 11 is 0.